The van der Waals surface area contributed by atoms with E-state index in [1.54, 1.807) is 12.1 Å². The number of nitroso groups, excluding NO2 is 1. The molecule has 0 radical (unpaired) electrons. The number of nitrogens with zero attached hydrogens (tertiary/aromatic N) is 1. The zero-order chi connectivity index (χ0) is 8.27. The maximum atomic E-state index is 10.2. The van der Waals surface area contributed by atoms with Crippen molar-refractivity contribution in [1.29, 1.82) is 0 Å². The number of hydrogen-bond donors (Lipinski definition) is 1. The van der Waals surface area contributed by atoms with Crippen LogP contribution >= 0.6 is 0 Å². The van der Waals surface area contributed by atoms with E-state index in [1.807, 2.05) is 20.0 Å². The van der Waals surface area contributed by atoms with E-state index < -0.39 is 0 Å². The summed E-state index contributed by atoms with van der Waals surface area (Å²) in [4.78, 5) is 10.2. The Morgan fingerprint density at radius 1 is 1.45 bits per heavy atom. The summed E-state index contributed by atoms with van der Waals surface area (Å²) in [5, 5.41) is 5.86. The zero-order valence-electron chi connectivity index (χ0n) is 6.59. The lowest BCUT2D eigenvalue weighted by Crippen LogP contribution is -1.90. The summed E-state index contributed by atoms with van der Waals surface area (Å²) in [5.41, 5.74) is 2.34. The first-order valence-electron chi connectivity index (χ1n) is 3.40. The number of rotatable bonds is 2. The van der Waals surface area contributed by atoms with Crippen LogP contribution in [-0.2, 0) is 0 Å². The van der Waals surface area contributed by atoms with Crippen LogP contribution in [0.15, 0.2) is 23.4 Å². The molecule has 0 heterocycles. The predicted molar refractivity (Wildman–Crippen MR) is 46.2 cm³/mol. The molecular formula is C8H10N2O. The van der Waals surface area contributed by atoms with Crippen molar-refractivity contribution in [3.63, 3.8) is 0 Å². The van der Waals surface area contributed by atoms with Crippen LogP contribution in [0, 0.1) is 11.8 Å². The van der Waals surface area contributed by atoms with E-state index >= 15 is 0 Å². The Kier molecular flexibility index (Phi) is 2.21. The second-order valence-corrected chi connectivity index (χ2v) is 2.29. The monoisotopic (exact) mass is 150 g/mol. The van der Waals surface area contributed by atoms with Gasteiger partial charge in [-0.1, -0.05) is 6.07 Å². The normalized spacial score (nSPS) is 9.27. The Morgan fingerprint density at radius 2 is 2.18 bits per heavy atom. The molecule has 3 heteroatoms. The van der Waals surface area contributed by atoms with E-state index in [4.69, 9.17) is 0 Å². The van der Waals surface area contributed by atoms with Gasteiger partial charge < -0.3 is 5.32 Å². The molecule has 0 spiro atoms. The Labute approximate surface area is 65.4 Å². The minimum atomic E-state index is 0.497. The molecule has 0 aliphatic carbocycles. The summed E-state index contributed by atoms with van der Waals surface area (Å²) in [5.74, 6) is 0. The van der Waals surface area contributed by atoms with Gasteiger partial charge in [-0.25, -0.2) is 0 Å². The van der Waals surface area contributed by atoms with Gasteiger partial charge in [-0.3, -0.25) is 0 Å². The fraction of sp³-hybridized carbons (Fsp3) is 0.250. The molecule has 0 aromatic heterocycles. The Morgan fingerprint density at radius 3 is 2.73 bits per heavy atom. The number of hydrogen-bond acceptors (Lipinski definition) is 3. The van der Waals surface area contributed by atoms with Crippen molar-refractivity contribution in [2.24, 2.45) is 5.18 Å². The Hall–Kier alpha value is -1.38. The predicted octanol–water partition coefficient (Wildman–Crippen LogP) is 2.43. The molecule has 0 unspecified atom stereocenters. The molecule has 0 fully saturated rings. The largest absolute Gasteiger partial charge is 0.388 e. The van der Waals surface area contributed by atoms with Crippen molar-refractivity contribution in [3.05, 3.63) is 28.7 Å². The first-order chi connectivity index (χ1) is 5.29. The maximum absolute atomic E-state index is 10.2. The number of nitrogens with one attached hydrogen (secondary N) is 1. The molecule has 0 aliphatic rings. The summed E-state index contributed by atoms with van der Waals surface area (Å²) in [7, 11) is 1.82. The van der Waals surface area contributed by atoms with Crippen LogP contribution in [0.4, 0.5) is 11.4 Å². The highest BCUT2D eigenvalue weighted by molar-refractivity contribution is 5.61. The quantitative estimate of drug-likeness (QED) is 0.658. The lowest BCUT2D eigenvalue weighted by molar-refractivity contribution is 1.36. The van der Waals surface area contributed by atoms with Crippen molar-refractivity contribution in [2.75, 3.05) is 12.4 Å². The highest BCUT2D eigenvalue weighted by atomic mass is 16.3. The smallest absolute Gasteiger partial charge is 0.112 e. The highest BCUT2D eigenvalue weighted by Gasteiger charge is 2.00. The molecule has 0 atom stereocenters. The lowest BCUT2D eigenvalue weighted by atomic mass is 10.1. The van der Waals surface area contributed by atoms with Crippen molar-refractivity contribution in [2.45, 2.75) is 6.92 Å². The van der Waals surface area contributed by atoms with E-state index in [0.29, 0.717) is 5.69 Å². The molecule has 3 nitrogen and oxygen atoms in total. The van der Waals surface area contributed by atoms with Crippen LogP contribution in [0.3, 0.4) is 0 Å². The summed E-state index contributed by atoms with van der Waals surface area (Å²) in [6.07, 6.45) is 0. The van der Waals surface area contributed by atoms with Crippen molar-refractivity contribution in [3.8, 4) is 0 Å². The summed E-state index contributed by atoms with van der Waals surface area (Å²) < 4.78 is 0. The van der Waals surface area contributed by atoms with Crippen molar-refractivity contribution < 1.29 is 0 Å². The lowest BCUT2D eigenvalue weighted by Gasteiger charge is -2.04. The van der Waals surface area contributed by atoms with Gasteiger partial charge in [0.05, 0.1) is 0 Å². The second-order valence-electron chi connectivity index (χ2n) is 2.29. The molecule has 58 valence electrons. The van der Waals surface area contributed by atoms with Gasteiger partial charge in [0.25, 0.3) is 0 Å². The van der Waals surface area contributed by atoms with Crippen molar-refractivity contribution in [1.82, 2.24) is 0 Å². The summed E-state index contributed by atoms with van der Waals surface area (Å²) >= 11 is 0. The van der Waals surface area contributed by atoms with Crippen LogP contribution in [0.5, 0.6) is 0 Å². The van der Waals surface area contributed by atoms with Gasteiger partial charge in [0.1, 0.15) is 5.69 Å². The average molecular weight is 150 g/mol. The zero-order valence-corrected chi connectivity index (χ0v) is 6.59. The molecule has 11 heavy (non-hydrogen) atoms. The second kappa shape index (κ2) is 3.14. The molecule has 1 aromatic rings. The maximum Gasteiger partial charge on any atom is 0.112 e. The SMILES string of the molecule is CNc1cccc(N=O)c1C. The minimum absolute atomic E-state index is 0.497. The standard InChI is InChI=1S/C8H10N2O/c1-6-7(9-2)4-3-5-8(6)10-11/h3-5,9H,1-2H3. The van der Waals surface area contributed by atoms with Gasteiger partial charge in [-0.15, -0.1) is 4.91 Å². The summed E-state index contributed by atoms with van der Waals surface area (Å²) in [6.45, 7) is 1.86. The minimum Gasteiger partial charge on any atom is -0.388 e. The van der Waals surface area contributed by atoms with Crippen LogP contribution in [-0.4, -0.2) is 7.05 Å². The number of anilines is 1. The van der Waals surface area contributed by atoms with Gasteiger partial charge >= 0.3 is 0 Å². The molecule has 0 saturated heterocycles. The first kappa shape index (κ1) is 7.72. The third kappa shape index (κ3) is 1.37. The molecule has 0 bridgehead atoms. The molecular weight excluding hydrogens is 140 g/mol. The van der Waals surface area contributed by atoms with Gasteiger partial charge in [0, 0.05) is 18.3 Å². The third-order valence-corrected chi connectivity index (χ3v) is 1.67. The highest BCUT2D eigenvalue weighted by Crippen LogP contribution is 2.24. The van der Waals surface area contributed by atoms with E-state index in [1.165, 1.54) is 0 Å². The molecule has 0 aliphatic heterocycles. The van der Waals surface area contributed by atoms with Crippen molar-refractivity contribution >= 4 is 11.4 Å². The van der Waals surface area contributed by atoms with Crippen LogP contribution in [0.25, 0.3) is 0 Å². The third-order valence-electron chi connectivity index (χ3n) is 1.67. The van der Waals surface area contributed by atoms with Gasteiger partial charge in [0.2, 0.25) is 0 Å². The molecule has 0 amide bonds. The van der Waals surface area contributed by atoms with E-state index in [-0.39, 0.29) is 0 Å². The Balaban J connectivity index is 3.20. The van der Waals surface area contributed by atoms with Gasteiger partial charge in [0.15, 0.2) is 0 Å². The average Bonchev–Trinajstić information content (AvgIpc) is 2.05. The topological polar surface area (TPSA) is 41.5 Å². The molecule has 1 aromatic carbocycles. The fourth-order valence-electron chi connectivity index (χ4n) is 0.993. The van der Waals surface area contributed by atoms with Crippen LogP contribution in [0.2, 0.25) is 0 Å². The fourth-order valence-corrected chi connectivity index (χ4v) is 0.993. The van der Waals surface area contributed by atoms with Gasteiger partial charge in [-0.2, -0.15) is 0 Å². The molecule has 0 saturated carbocycles. The van der Waals surface area contributed by atoms with Gasteiger partial charge in [-0.05, 0) is 24.2 Å². The first-order valence-corrected chi connectivity index (χ1v) is 3.40. The van der Waals surface area contributed by atoms with Crippen LogP contribution in [0.1, 0.15) is 5.56 Å². The van der Waals surface area contributed by atoms with E-state index in [9.17, 15) is 4.91 Å². The Bertz CT molecular complexity index is 271. The number of benzene rings is 1. The van der Waals surface area contributed by atoms with E-state index in [0.717, 1.165) is 11.3 Å². The summed E-state index contributed by atoms with van der Waals surface area (Å²) in [6, 6.07) is 5.41. The molecule has 1 N–H and O–H groups in total. The molecule has 1 rings (SSSR count). The van der Waals surface area contributed by atoms with Crippen LogP contribution < -0.4 is 5.32 Å². The van der Waals surface area contributed by atoms with E-state index in [2.05, 4.69) is 10.5 Å².